The summed E-state index contributed by atoms with van der Waals surface area (Å²) in [7, 11) is 1.63. The Morgan fingerprint density at radius 1 is 1.12 bits per heavy atom. The predicted octanol–water partition coefficient (Wildman–Crippen LogP) is 3.04. The Labute approximate surface area is 198 Å². The fourth-order valence-corrected chi connectivity index (χ4v) is 3.76. The molecule has 2 atom stereocenters. The van der Waals surface area contributed by atoms with Gasteiger partial charge >= 0.3 is 12.1 Å². The average Bonchev–Trinajstić information content (AvgIpc) is 2.75. The van der Waals surface area contributed by atoms with E-state index in [1.165, 1.54) is 0 Å². The van der Waals surface area contributed by atoms with Gasteiger partial charge in [0, 0.05) is 26.7 Å². The second kappa shape index (κ2) is 11.8. The van der Waals surface area contributed by atoms with Crippen molar-refractivity contribution in [3.63, 3.8) is 0 Å². The lowest BCUT2D eigenvalue weighted by Gasteiger charge is -2.42. The monoisotopic (exact) mass is 463 g/mol. The van der Waals surface area contributed by atoms with Crippen molar-refractivity contribution in [2.75, 3.05) is 39.9 Å². The highest BCUT2D eigenvalue weighted by atomic mass is 16.6. The quantitative estimate of drug-likeness (QED) is 0.563. The molecule has 8 nitrogen and oxygen atoms in total. The molecular weight excluding hydrogens is 422 g/mol. The zero-order valence-corrected chi connectivity index (χ0v) is 21.0. The van der Waals surface area contributed by atoms with Crippen LogP contribution in [0.3, 0.4) is 0 Å². The lowest BCUT2D eigenvalue weighted by Crippen LogP contribution is -2.58. The number of hydrogen-bond donors (Lipinski definition) is 1. The topological polar surface area (TPSA) is 94.3 Å². The molecule has 0 saturated carbocycles. The fraction of sp³-hybridized carbons (Fsp3) is 0.680. The van der Waals surface area contributed by atoms with E-state index in [0.29, 0.717) is 19.7 Å². The number of carbonyl (C=O) groups excluding carboxylic acids is 2. The van der Waals surface area contributed by atoms with Crippen LogP contribution in [0, 0.1) is 5.41 Å². The molecule has 0 bridgehead atoms. The highest BCUT2D eigenvalue weighted by Crippen LogP contribution is 2.26. The molecule has 1 aliphatic rings. The lowest BCUT2D eigenvalue weighted by atomic mass is 9.81. The van der Waals surface area contributed by atoms with Crippen LogP contribution in [0.5, 0.6) is 0 Å². The van der Waals surface area contributed by atoms with Crippen LogP contribution in [0.2, 0.25) is 0 Å². The van der Waals surface area contributed by atoms with Crippen molar-refractivity contribution in [3.05, 3.63) is 35.9 Å². The van der Waals surface area contributed by atoms with Gasteiger partial charge in [-0.05, 0) is 44.7 Å². The van der Waals surface area contributed by atoms with Gasteiger partial charge in [0.05, 0.1) is 12.6 Å². The number of rotatable bonds is 9. The first-order chi connectivity index (χ1) is 15.4. The van der Waals surface area contributed by atoms with E-state index in [-0.39, 0.29) is 18.7 Å². The zero-order valence-electron chi connectivity index (χ0n) is 21.0. The third kappa shape index (κ3) is 8.61. The third-order valence-electron chi connectivity index (χ3n) is 5.95. The van der Waals surface area contributed by atoms with Crippen LogP contribution in [0.4, 0.5) is 4.79 Å². The first-order valence-electron chi connectivity index (χ1n) is 11.6. The molecule has 8 heteroatoms. The minimum atomic E-state index is -0.723. The second-order valence-corrected chi connectivity index (χ2v) is 10.4. The van der Waals surface area contributed by atoms with Crippen LogP contribution < -0.4 is 5.73 Å². The first-order valence-corrected chi connectivity index (χ1v) is 11.6. The summed E-state index contributed by atoms with van der Waals surface area (Å²) in [6.07, 6.45) is 0.411. The van der Waals surface area contributed by atoms with E-state index in [1.54, 1.807) is 12.0 Å². The largest absolute Gasteiger partial charge is 0.460 e. The normalized spacial score (nSPS) is 18.6. The molecule has 1 aliphatic heterocycles. The Hall–Kier alpha value is -2.16. The zero-order chi connectivity index (χ0) is 24.6. The Bertz CT molecular complexity index is 763. The van der Waals surface area contributed by atoms with Gasteiger partial charge in [0.2, 0.25) is 0 Å². The molecule has 1 aromatic carbocycles. The van der Waals surface area contributed by atoms with Gasteiger partial charge < -0.3 is 24.8 Å². The van der Waals surface area contributed by atoms with Crippen molar-refractivity contribution >= 4 is 12.1 Å². The van der Waals surface area contributed by atoms with Crippen LogP contribution in [-0.4, -0.2) is 79.4 Å². The maximum atomic E-state index is 12.6. The highest BCUT2D eigenvalue weighted by Gasteiger charge is 2.36. The number of methoxy groups -OCH3 is 1. The van der Waals surface area contributed by atoms with Gasteiger partial charge in [-0.2, -0.15) is 0 Å². The second-order valence-electron chi connectivity index (χ2n) is 10.4. The summed E-state index contributed by atoms with van der Waals surface area (Å²) in [5, 5.41) is 0. The summed E-state index contributed by atoms with van der Waals surface area (Å²) in [6.45, 7) is 13.0. The van der Waals surface area contributed by atoms with E-state index in [0.717, 1.165) is 25.1 Å². The first kappa shape index (κ1) is 27.1. The predicted molar refractivity (Wildman–Crippen MR) is 128 cm³/mol. The van der Waals surface area contributed by atoms with Crippen molar-refractivity contribution in [2.45, 2.75) is 65.3 Å². The number of carbonyl (C=O) groups is 2. The highest BCUT2D eigenvalue weighted by molar-refractivity contribution is 5.76. The molecule has 0 unspecified atom stereocenters. The summed E-state index contributed by atoms with van der Waals surface area (Å²) >= 11 is 0. The lowest BCUT2D eigenvalue weighted by molar-refractivity contribution is -0.149. The number of hydrogen-bond acceptors (Lipinski definition) is 7. The number of nitrogens with zero attached hydrogens (tertiary/aromatic N) is 2. The maximum Gasteiger partial charge on any atom is 0.410 e. The maximum absolute atomic E-state index is 12.6. The average molecular weight is 464 g/mol. The van der Waals surface area contributed by atoms with Crippen LogP contribution in [0.15, 0.2) is 30.3 Å². The van der Waals surface area contributed by atoms with Crippen molar-refractivity contribution in [2.24, 2.45) is 11.1 Å². The van der Waals surface area contributed by atoms with Gasteiger partial charge in [0.15, 0.2) is 0 Å². The van der Waals surface area contributed by atoms with Crippen molar-refractivity contribution in [3.8, 4) is 0 Å². The van der Waals surface area contributed by atoms with Crippen molar-refractivity contribution in [1.82, 2.24) is 9.80 Å². The molecule has 0 radical (unpaired) electrons. The number of piperazine rings is 1. The smallest absolute Gasteiger partial charge is 0.410 e. The molecule has 186 valence electrons. The van der Waals surface area contributed by atoms with E-state index < -0.39 is 23.0 Å². The van der Waals surface area contributed by atoms with Crippen LogP contribution in [-0.2, 0) is 25.6 Å². The van der Waals surface area contributed by atoms with Crippen LogP contribution in [0.25, 0.3) is 0 Å². The van der Waals surface area contributed by atoms with Gasteiger partial charge in [0.1, 0.15) is 18.2 Å². The van der Waals surface area contributed by atoms with E-state index in [4.69, 9.17) is 19.9 Å². The van der Waals surface area contributed by atoms with Gasteiger partial charge in [-0.1, -0.05) is 44.2 Å². The van der Waals surface area contributed by atoms with Gasteiger partial charge in [-0.15, -0.1) is 0 Å². The van der Waals surface area contributed by atoms with Gasteiger partial charge in [0.25, 0.3) is 0 Å². The van der Waals surface area contributed by atoms with Crippen LogP contribution in [0.1, 0.15) is 46.6 Å². The van der Waals surface area contributed by atoms with Crippen molar-refractivity contribution < 1.29 is 23.8 Å². The summed E-state index contributed by atoms with van der Waals surface area (Å²) in [5.74, 6) is -0.393. The molecule has 1 fully saturated rings. The number of benzene rings is 1. The van der Waals surface area contributed by atoms with Gasteiger partial charge in [-0.25, -0.2) is 4.79 Å². The fourth-order valence-electron chi connectivity index (χ4n) is 3.76. The Balaban J connectivity index is 1.88. The van der Waals surface area contributed by atoms with E-state index in [9.17, 15) is 9.59 Å². The van der Waals surface area contributed by atoms with E-state index >= 15 is 0 Å². The molecule has 33 heavy (non-hydrogen) atoms. The molecule has 1 saturated heterocycles. The molecule has 0 spiro atoms. The number of esters is 1. The SMILES string of the molecule is COC[C@H]1CN(CCC(C)(C)[C@H](N)C(=O)OCc2ccccc2)CCN1C(=O)OC(C)(C)C. The molecule has 0 aromatic heterocycles. The Kier molecular flexibility index (Phi) is 9.70. The number of ether oxygens (including phenoxy) is 3. The molecule has 2 N–H and O–H groups in total. The molecule has 1 amide bonds. The van der Waals surface area contributed by atoms with E-state index in [2.05, 4.69) is 4.90 Å². The van der Waals surface area contributed by atoms with Crippen LogP contribution >= 0.6 is 0 Å². The van der Waals surface area contributed by atoms with Gasteiger partial charge in [-0.3, -0.25) is 9.69 Å². The minimum Gasteiger partial charge on any atom is -0.460 e. The molecule has 1 aromatic rings. The molecule has 0 aliphatic carbocycles. The Morgan fingerprint density at radius 2 is 1.79 bits per heavy atom. The summed E-state index contributed by atoms with van der Waals surface area (Å²) in [4.78, 5) is 29.2. The molecule has 2 rings (SSSR count). The summed E-state index contributed by atoms with van der Waals surface area (Å²) in [5.41, 5.74) is 6.24. The molecule has 1 heterocycles. The van der Waals surface area contributed by atoms with E-state index in [1.807, 2.05) is 65.0 Å². The summed E-state index contributed by atoms with van der Waals surface area (Å²) in [6, 6.07) is 8.75. The molecular formula is C25H41N3O5. The number of amides is 1. The number of nitrogens with two attached hydrogens (primary N) is 1. The standard InChI is InChI=1S/C25H41N3O5/c1-24(2,3)33-23(30)28-15-14-27(16-20(28)18-31-6)13-12-25(4,5)21(26)22(29)32-17-19-10-8-7-9-11-19/h7-11,20-21H,12-18,26H2,1-6H3/t20-,21-/m1/s1. The third-order valence-corrected chi connectivity index (χ3v) is 5.95. The minimum absolute atomic E-state index is 0.0915. The Morgan fingerprint density at radius 3 is 2.39 bits per heavy atom. The summed E-state index contributed by atoms with van der Waals surface area (Å²) < 4.78 is 16.4. The van der Waals surface area contributed by atoms with Crippen molar-refractivity contribution in [1.29, 1.82) is 0 Å².